The maximum atomic E-state index is 11.9. The Bertz CT molecular complexity index is 426. The van der Waals surface area contributed by atoms with Gasteiger partial charge in [-0.25, -0.2) is 0 Å². The highest BCUT2D eigenvalue weighted by atomic mass is 32.2. The van der Waals surface area contributed by atoms with Crippen molar-refractivity contribution >= 4 is 17.7 Å². The van der Waals surface area contributed by atoms with Gasteiger partial charge in [0.1, 0.15) is 0 Å². The SMILES string of the molecule is CCCCCCCCCCCCCCCCCCOC(=O)CCSCCCCCCCCCCCCC. The van der Waals surface area contributed by atoms with E-state index in [0.717, 1.165) is 12.2 Å². The number of hydrogen-bond acceptors (Lipinski definition) is 3. The van der Waals surface area contributed by atoms with E-state index in [1.54, 1.807) is 0 Å². The second-order valence-electron chi connectivity index (χ2n) is 11.4. The zero-order chi connectivity index (χ0) is 26.9. The fourth-order valence-electron chi connectivity index (χ4n) is 5.03. The molecular weight excluding hydrogens is 472 g/mol. The van der Waals surface area contributed by atoms with E-state index in [9.17, 15) is 4.79 Å². The molecule has 0 aliphatic carbocycles. The molecule has 3 heteroatoms. The van der Waals surface area contributed by atoms with Crippen LogP contribution in [0.2, 0.25) is 0 Å². The Morgan fingerprint density at radius 2 is 0.757 bits per heavy atom. The normalized spacial score (nSPS) is 11.3. The predicted molar refractivity (Wildman–Crippen MR) is 169 cm³/mol. The first-order valence-electron chi connectivity index (χ1n) is 17.0. The van der Waals surface area contributed by atoms with Gasteiger partial charge in [0.2, 0.25) is 0 Å². The lowest BCUT2D eigenvalue weighted by molar-refractivity contribution is -0.143. The fraction of sp³-hybridized carbons (Fsp3) is 0.971. The van der Waals surface area contributed by atoms with E-state index in [4.69, 9.17) is 4.74 Å². The average Bonchev–Trinajstić information content (AvgIpc) is 2.90. The second kappa shape index (κ2) is 33.8. The topological polar surface area (TPSA) is 26.3 Å². The molecule has 0 rings (SSSR count). The molecule has 222 valence electrons. The quantitative estimate of drug-likeness (QED) is 0.0626. The lowest BCUT2D eigenvalue weighted by Crippen LogP contribution is -2.07. The van der Waals surface area contributed by atoms with Crippen LogP contribution in [-0.4, -0.2) is 24.1 Å². The molecule has 0 aliphatic heterocycles. The number of unbranched alkanes of at least 4 members (excludes halogenated alkanes) is 25. The molecule has 0 aromatic heterocycles. The molecule has 0 aromatic rings. The number of esters is 1. The Labute approximate surface area is 238 Å². The molecule has 0 saturated carbocycles. The monoisotopic (exact) mass is 540 g/mol. The molecule has 0 unspecified atom stereocenters. The summed E-state index contributed by atoms with van der Waals surface area (Å²) in [4.78, 5) is 11.9. The molecule has 0 bridgehead atoms. The third kappa shape index (κ3) is 33.8. The van der Waals surface area contributed by atoms with Crippen LogP contribution < -0.4 is 0 Å². The van der Waals surface area contributed by atoms with E-state index >= 15 is 0 Å². The third-order valence-electron chi connectivity index (χ3n) is 7.60. The first kappa shape index (κ1) is 36.8. The summed E-state index contributed by atoms with van der Waals surface area (Å²) >= 11 is 1.93. The van der Waals surface area contributed by atoms with Gasteiger partial charge in [-0.3, -0.25) is 4.79 Å². The van der Waals surface area contributed by atoms with E-state index in [1.165, 1.54) is 173 Å². The number of carbonyl (C=O) groups excluding carboxylic acids is 1. The summed E-state index contributed by atoms with van der Waals surface area (Å²) in [6.07, 6.45) is 37.9. The average molecular weight is 541 g/mol. The third-order valence-corrected chi connectivity index (χ3v) is 8.67. The van der Waals surface area contributed by atoms with Crippen molar-refractivity contribution < 1.29 is 9.53 Å². The summed E-state index contributed by atoms with van der Waals surface area (Å²) in [5, 5.41) is 0. The lowest BCUT2D eigenvalue weighted by atomic mass is 10.0. The molecule has 0 aromatic carbocycles. The molecule has 0 aliphatic rings. The van der Waals surface area contributed by atoms with Crippen LogP contribution in [0.3, 0.4) is 0 Å². The summed E-state index contributed by atoms with van der Waals surface area (Å²) < 4.78 is 5.42. The first-order chi connectivity index (χ1) is 18.3. The molecule has 0 spiro atoms. The summed E-state index contributed by atoms with van der Waals surface area (Å²) in [5.74, 6) is 2.13. The van der Waals surface area contributed by atoms with Crippen LogP contribution in [0.15, 0.2) is 0 Å². The number of ether oxygens (including phenoxy) is 1. The maximum Gasteiger partial charge on any atom is 0.306 e. The van der Waals surface area contributed by atoms with Crippen molar-refractivity contribution in [2.24, 2.45) is 0 Å². The van der Waals surface area contributed by atoms with Crippen molar-refractivity contribution in [1.29, 1.82) is 0 Å². The van der Waals surface area contributed by atoms with Gasteiger partial charge in [0.25, 0.3) is 0 Å². The summed E-state index contributed by atoms with van der Waals surface area (Å²) in [6, 6.07) is 0. The highest BCUT2D eigenvalue weighted by Crippen LogP contribution is 2.15. The van der Waals surface area contributed by atoms with Crippen molar-refractivity contribution in [3.05, 3.63) is 0 Å². The standard InChI is InChI=1S/C34H68O2S/c1-3-5-7-9-11-13-15-16-17-18-19-20-22-24-26-28-31-36-34(35)30-33-37-32-29-27-25-23-21-14-12-10-8-6-4-2/h3-33H2,1-2H3. The molecule has 0 radical (unpaired) electrons. The zero-order valence-corrected chi connectivity index (χ0v) is 26.5. The van der Waals surface area contributed by atoms with Crippen molar-refractivity contribution in [3.8, 4) is 0 Å². The highest BCUT2D eigenvalue weighted by Gasteiger charge is 2.03. The van der Waals surface area contributed by atoms with Gasteiger partial charge >= 0.3 is 5.97 Å². The number of rotatable bonds is 32. The highest BCUT2D eigenvalue weighted by molar-refractivity contribution is 7.99. The molecule has 0 amide bonds. The van der Waals surface area contributed by atoms with E-state index in [1.807, 2.05) is 11.8 Å². The van der Waals surface area contributed by atoms with Crippen LogP contribution in [0, 0.1) is 0 Å². The van der Waals surface area contributed by atoms with Crippen LogP contribution in [0.4, 0.5) is 0 Å². The summed E-state index contributed by atoms with van der Waals surface area (Å²) in [7, 11) is 0. The second-order valence-corrected chi connectivity index (χ2v) is 12.6. The molecule has 0 saturated heterocycles. The van der Waals surface area contributed by atoms with Crippen molar-refractivity contribution in [1.82, 2.24) is 0 Å². The van der Waals surface area contributed by atoms with Gasteiger partial charge in [0, 0.05) is 5.75 Å². The van der Waals surface area contributed by atoms with E-state index in [-0.39, 0.29) is 5.97 Å². The van der Waals surface area contributed by atoms with Crippen molar-refractivity contribution in [3.63, 3.8) is 0 Å². The summed E-state index contributed by atoms with van der Waals surface area (Å²) in [6.45, 7) is 5.20. The van der Waals surface area contributed by atoms with E-state index in [0.29, 0.717) is 13.0 Å². The largest absolute Gasteiger partial charge is 0.466 e. The van der Waals surface area contributed by atoms with E-state index in [2.05, 4.69) is 13.8 Å². The number of hydrogen-bond donors (Lipinski definition) is 0. The number of thioether (sulfide) groups is 1. The Morgan fingerprint density at radius 3 is 1.14 bits per heavy atom. The Morgan fingerprint density at radius 1 is 0.432 bits per heavy atom. The van der Waals surface area contributed by atoms with Crippen LogP contribution in [-0.2, 0) is 9.53 Å². The van der Waals surface area contributed by atoms with Gasteiger partial charge in [-0.15, -0.1) is 0 Å². The van der Waals surface area contributed by atoms with Crippen molar-refractivity contribution in [2.75, 3.05) is 18.1 Å². The Hall–Kier alpha value is -0.180. The molecule has 0 heterocycles. The van der Waals surface area contributed by atoms with Crippen LogP contribution in [0.25, 0.3) is 0 Å². The molecular formula is C34H68O2S. The van der Waals surface area contributed by atoms with Crippen LogP contribution in [0.1, 0.15) is 194 Å². The van der Waals surface area contributed by atoms with Gasteiger partial charge < -0.3 is 4.74 Å². The summed E-state index contributed by atoms with van der Waals surface area (Å²) in [5.41, 5.74) is 0. The maximum absolute atomic E-state index is 11.9. The van der Waals surface area contributed by atoms with Gasteiger partial charge in [-0.05, 0) is 18.6 Å². The number of carbonyl (C=O) groups is 1. The first-order valence-corrected chi connectivity index (χ1v) is 18.2. The van der Waals surface area contributed by atoms with Crippen molar-refractivity contribution in [2.45, 2.75) is 194 Å². The molecule has 2 nitrogen and oxygen atoms in total. The van der Waals surface area contributed by atoms with Gasteiger partial charge in [-0.2, -0.15) is 11.8 Å². The Kier molecular flexibility index (Phi) is 33.7. The minimum absolute atomic E-state index is 0.00685. The fourth-order valence-corrected chi connectivity index (χ4v) is 5.96. The van der Waals surface area contributed by atoms with Gasteiger partial charge in [0.15, 0.2) is 0 Å². The van der Waals surface area contributed by atoms with E-state index < -0.39 is 0 Å². The van der Waals surface area contributed by atoms with Gasteiger partial charge in [0.05, 0.1) is 13.0 Å². The van der Waals surface area contributed by atoms with Gasteiger partial charge in [-0.1, -0.05) is 174 Å². The minimum atomic E-state index is 0.00685. The Balaban J connectivity index is 3.14. The molecule has 0 atom stereocenters. The van der Waals surface area contributed by atoms with Crippen LogP contribution in [0.5, 0.6) is 0 Å². The molecule has 37 heavy (non-hydrogen) atoms. The predicted octanol–water partition coefficient (Wildman–Crippen LogP) is 12.2. The molecule has 0 fully saturated rings. The minimum Gasteiger partial charge on any atom is -0.466 e. The lowest BCUT2D eigenvalue weighted by Gasteiger charge is -2.06. The smallest absolute Gasteiger partial charge is 0.306 e. The molecule has 0 N–H and O–H groups in total. The van der Waals surface area contributed by atoms with Crippen LogP contribution >= 0.6 is 11.8 Å². The zero-order valence-electron chi connectivity index (χ0n) is 25.6.